The van der Waals surface area contributed by atoms with E-state index >= 15 is 0 Å². The Morgan fingerprint density at radius 3 is 2.65 bits per heavy atom. The molecule has 4 rings (SSSR count). The Hall–Kier alpha value is -3.04. The molecule has 16 heteroatoms. The number of benzene rings is 1. The lowest BCUT2D eigenvalue weighted by Gasteiger charge is -2.16. The number of methoxy groups -OCH3 is 1. The first-order valence-corrected chi connectivity index (χ1v) is 11.3. The van der Waals surface area contributed by atoms with Crippen molar-refractivity contribution >= 4 is 24.8 Å². The van der Waals surface area contributed by atoms with Gasteiger partial charge >= 0.3 is 7.82 Å². The Balaban J connectivity index is 1.56. The molecule has 0 bridgehead atoms. The summed E-state index contributed by atoms with van der Waals surface area (Å²) in [5.74, 6) is 0.00207. The van der Waals surface area contributed by atoms with Gasteiger partial charge in [-0.2, -0.15) is 0 Å². The normalized spacial score (nSPS) is 22.9. The molecule has 34 heavy (non-hydrogen) atoms. The summed E-state index contributed by atoms with van der Waals surface area (Å²) < 4.78 is 27.2. The monoisotopic (exact) mass is 499 g/mol. The molecule has 0 saturated carbocycles. The van der Waals surface area contributed by atoms with Crippen molar-refractivity contribution in [2.75, 3.05) is 19.0 Å². The molecule has 3 aromatic rings. The second-order valence-corrected chi connectivity index (χ2v) is 8.59. The number of phosphoric acid groups is 1. The summed E-state index contributed by atoms with van der Waals surface area (Å²) in [6, 6.07) is 2.79. The molecule has 1 fully saturated rings. The number of hydrogen-bond acceptors (Lipinski definition) is 12. The van der Waals surface area contributed by atoms with Crippen molar-refractivity contribution in [3.05, 3.63) is 30.4 Å². The summed E-state index contributed by atoms with van der Waals surface area (Å²) in [6.45, 7) is -0.697. The first kappa shape index (κ1) is 24.1. The molecular formula is C18H22N5O10P. The third kappa shape index (κ3) is 4.63. The van der Waals surface area contributed by atoms with Crippen molar-refractivity contribution in [2.24, 2.45) is 0 Å². The van der Waals surface area contributed by atoms with Gasteiger partial charge in [0.2, 0.25) is 0 Å². The Labute approximate surface area is 191 Å². The van der Waals surface area contributed by atoms with Crippen LogP contribution in [0.2, 0.25) is 0 Å². The van der Waals surface area contributed by atoms with Gasteiger partial charge in [0.15, 0.2) is 34.7 Å². The lowest BCUT2D eigenvalue weighted by atomic mass is 10.1. The minimum Gasteiger partial charge on any atom is -0.507 e. The summed E-state index contributed by atoms with van der Waals surface area (Å²) in [5.41, 5.74) is 0.630. The smallest absolute Gasteiger partial charge is 0.469 e. The molecule has 7 N–H and O–H groups in total. The summed E-state index contributed by atoms with van der Waals surface area (Å²) in [6.07, 6.45) is -2.87. The SMILES string of the molecule is COc1ccc(O)c(CNc2ncnc3c2ncn3[C@@H]2O[C@H](COP(=O)(O)O)[C@@H](O)[C@H]2O)c1O. The van der Waals surface area contributed by atoms with Crippen LogP contribution in [0.5, 0.6) is 17.2 Å². The zero-order valence-electron chi connectivity index (χ0n) is 17.6. The van der Waals surface area contributed by atoms with E-state index in [-0.39, 0.29) is 46.3 Å². The predicted molar refractivity (Wildman–Crippen MR) is 113 cm³/mol. The second-order valence-electron chi connectivity index (χ2n) is 7.35. The maximum atomic E-state index is 10.9. The lowest BCUT2D eigenvalue weighted by molar-refractivity contribution is -0.0504. The van der Waals surface area contributed by atoms with Crippen LogP contribution in [0.25, 0.3) is 11.2 Å². The number of aromatic nitrogens is 4. The van der Waals surface area contributed by atoms with Gasteiger partial charge in [-0.25, -0.2) is 19.5 Å². The van der Waals surface area contributed by atoms with Gasteiger partial charge in [-0.1, -0.05) is 0 Å². The first-order valence-electron chi connectivity index (χ1n) is 9.81. The number of phenolic OH excluding ortho intramolecular Hbond substituents is 2. The van der Waals surface area contributed by atoms with Gasteiger partial charge in [-0.05, 0) is 12.1 Å². The highest BCUT2D eigenvalue weighted by atomic mass is 31.2. The van der Waals surface area contributed by atoms with E-state index in [1.807, 2.05) is 0 Å². The van der Waals surface area contributed by atoms with Crippen LogP contribution in [-0.4, -0.2) is 81.8 Å². The van der Waals surface area contributed by atoms with Crippen molar-refractivity contribution < 1.29 is 48.8 Å². The standard InChI is InChI=1S/C18H22N5O10P/c1-31-10-3-2-9(24)8(13(10)25)4-19-16-12-17(21-6-20-16)23(7-22-12)18-15(27)14(26)11(33-18)5-32-34(28,29)30/h2-3,6-7,11,14-15,18,24-27H,4-5H2,1H3,(H,19,20,21)(H2,28,29,30)/t11-,14-,15-,18-/m1/s1. The van der Waals surface area contributed by atoms with E-state index in [0.29, 0.717) is 0 Å². The van der Waals surface area contributed by atoms with Crippen LogP contribution in [0.1, 0.15) is 11.8 Å². The minimum atomic E-state index is -4.80. The van der Waals surface area contributed by atoms with E-state index in [4.69, 9.17) is 19.3 Å². The Bertz CT molecular complexity index is 1230. The maximum Gasteiger partial charge on any atom is 0.469 e. The van der Waals surface area contributed by atoms with Crippen LogP contribution in [0, 0.1) is 0 Å². The number of rotatable bonds is 8. The molecule has 0 aliphatic carbocycles. The van der Waals surface area contributed by atoms with Crippen LogP contribution in [0.15, 0.2) is 24.8 Å². The predicted octanol–water partition coefficient (Wildman–Crippen LogP) is -0.413. The molecule has 3 heterocycles. The molecule has 0 spiro atoms. The highest BCUT2D eigenvalue weighted by Gasteiger charge is 2.45. The fourth-order valence-electron chi connectivity index (χ4n) is 3.55. The quantitative estimate of drug-likeness (QED) is 0.196. The van der Waals surface area contributed by atoms with E-state index in [1.165, 1.54) is 36.5 Å². The molecule has 184 valence electrons. The van der Waals surface area contributed by atoms with Crippen molar-refractivity contribution in [1.82, 2.24) is 19.5 Å². The average Bonchev–Trinajstić information content (AvgIpc) is 3.33. The summed E-state index contributed by atoms with van der Waals surface area (Å²) in [4.78, 5) is 30.2. The fourth-order valence-corrected chi connectivity index (χ4v) is 3.89. The van der Waals surface area contributed by atoms with Crippen molar-refractivity contribution in [3.8, 4) is 17.2 Å². The number of aromatic hydroxyl groups is 2. The number of anilines is 1. The van der Waals surface area contributed by atoms with Crippen LogP contribution >= 0.6 is 7.82 Å². The van der Waals surface area contributed by atoms with Crippen LogP contribution in [0.3, 0.4) is 0 Å². The van der Waals surface area contributed by atoms with E-state index in [2.05, 4.69) is 24.8 Å². The molecule has 4 atom stereocenters. The van der Waals surface area contributed by atoms with Gasteiger partial charge in [-0.15, -0.1) is 0 Å². The van der Waals surface area contributed by atoms with Crippen LogP contribution in [-0.2, 0) is 20.4 Å². The Morgan fingerprint density at radius 2 is 1.94 bits per heavy atom. The van der Waals surface area contributed by atoms with E-state index in [1.54, 1.807) is 0 Å². The third-order valence-electron chi connectivity index (χ3n) is 5.25. The first-order chi connectivity index (χ1) is 16.1. The van der Waals surface area contributed by atoms with E-state index < -0.39 is 39.0 Å². The Kier molecular flexibility index (Phi) is 6.60. The molecule has 15 nitrogen and oxygen atoms in total. The Morgan fingerprint density at radius 1 is 1.18 bits per heavy atom. The average molecular weight is 499 g/mol. The number of fused-ring (bicyclic) bond motifs is 1. The van der Waals surface area contributed by atoms with Crippen molar-refractivity contribution in [2.45, 2.75) is 31.1 Å². The number of nitrogens with one attached hydrogen (secondary N) is 1. The number of imidazole rings is 1. The third-order valence-corrected chi connectivity index (χ3v) is 5.74. The van der Waals surface area contributed by atoms with Gasteiger partial charge in [0.25, 0.3) is 0 Å². The van der Waals surface area contributed by atoms with Crippen LogP contribution in [0.4, 0.5) is 5.82 Å². The number of phosphoric ester groups is 1. The largest absolute Gasteiger partial charge is 0.507 e. The highest BCUT2D eigenvalue weighted by Crippen LogP contribution is 2.39. The van der Waals surface area contributed by atoms with Gasteiger partial charge in [0, 0.05) is 6.54 Å². The number of phenols is 2. The zero-order valence-corrected chi connectivity index (χ0v) is 18.5. The van der Waals surface area contributed by atoms with Crippen LogP contribution < -0.4 is 10.1 Å². The topological polar surface area (TPSA) is 222 Å². The zero-order chi connectivity index (χ0) is 24.6. The molecular weight excluding hydrogens is 477 g/mol. The lowest BCUT2D eigenvalue weighted by Crippen LogP contribution is -2.33. The molecule has 0 unspecified atom stereocenters. The van der Waals surface area contributed by atoms with Gasteiger partial charge in [0.05, 0.1) is 25.6 Å². The molecule has 0 radical (unpaired) electrons. The molecule has 1 aliphatic rings. The maximum absolute atomic E-state index is 10.9. The minimum absolute atomic E-state index is 0.0447. The van der Waals surface area contributed by atoms with Crippen molar-refractivity contribution in [3.63, 3.8) is 0 Å². The second kappa shape index (κ2) is 9.31. The van der Waals surface area contributed by atoms with E-state index in [9.17, 15) is 25.0 Å². The fraction of sp³-hybridized carbons (Fsp3) is 0.389. The molecule has 1 aromatic carbocycles. The molecule has 1 aliphatic heterocycles. The molecule has 2 aromatic heterocycles. The highest BCUT2D eigenvalue weighted by molar-refractivity contribution is 7.46. The van der Waals surface area contributed by atoms with E-state index in [0.717, 1.165) is 0 Å². The molecule has 0 amide bonds. The van der Waals surface area contributed by atoms with Gasteiger partial charge in [-0.3, -0.25) is 9.09 Å². The van der Waals surface area contributed by atoms with Crippen molar-refractivity contribution in [1.29, 1.82) is 0 Å². The number of aliphatic hydroxyl groups is 2. The summed E-state index contributed by atoms with van der Waals surface area (Å²) in [7, 11) is -3.42. The number of aliphatic hydroxyl groups excluding tert-OH is 2. The molecule has 1 saturated heterocycles. The number of ether oxygens (including phenoxy) is 2. The summed E-state index contributed by atoms with van der Waals surface area (Å²) in [5, 5.41) is 43.9. The number of nitrogens with zero attached hydrogens (tertiary/aromatic N) is 4. The number of hydrogen-bond donors (Lipinski definition) is 7. The van der Waals surface area contributed by atoms with Gasteiger partial charge in [0.1, 0.15) is 30.4 Å². The van der Waals surface area contributed by atoms with Gasteiger partial charge < -0.3 is 45.0 Å². The summed E-state index contributed by atoms with van der Waals surface area (Å²) >= 11 is 0.